The van der Waals surface area contributed by atoms with Crippen molar-refractivity contribution in [2.45, 2.75) is 78.1 Å². The molecule has 0 aromatic heterocycles. The lowest BCUT2D eigenvalue weighted by Gasteiger charge is -2.50. The molecule has 1 N–H and O–H groups in total. The monoisotopic (exact) mass is 282 g/mol. The number of ether oxygens (including phenoxy) is 1. The predicted molar refractivity (Wildman–Crippen MR) is 85.0 cm³/mol. The van der Waals surface area contributed by atoms with E-state index in [1.807, 2.05) is 0 Å². The number of nitrogens with one attached hydrogen (secondary N) is 1. The van der Waals surface area contributed by atoms with Crippen molar-refractivity contribution in [3.63, 3.8) is 0 Å². The van der Waals surface area contributed by atoms with Crippen molar-refractivity contribution in [3.05, 3.63) is 0 Å². The highest BCUT2D eigenvalue weighted by atomic mass is 16.5. The summed E-state index contributed by atoms with van der Waals surface area (Å²) in [5.74, 6) is 1.42. The first-order valence-corrected chi connectivity index (χ1v) is 8.43. The van der Waals surface area contributed by atoms with Gasteiger partial charge in [0.2, 0.25) is 0 Å². The van der Waals surface area contributed by atoms with Gasteiger partial charge in [0.25, 0.3) is 0 Å². The third-order valence-electron chi connectivity index (χ3n) is 5.14. The molecule has 0 saturated carbocycles. The van der Waals surface area contributed by atoms with Crippen molar-refractivity contribution < 1.29 is 4.74 Å². The van der Waals surface area contributed by atoms with Gasteiger partial charge in [-0.1, -0.05) is 27.7 Å². The van der Waals surface area contributed by atoms with Crippen molar-refractivity contribution >= 4 is 0 Å². The van der Waals surface area contributed by atoms with Crippen LogP contribution in [-0.4, -0.2) is 48.3 Å². The smallest absolute Gasteiger partial charge is 0.0641 e. The van der Waals surface area contributed by atoms with Crippen LogP contribution >= 0.6 is 0 Å². The average Bonchev–Trinajstić information content (AvgIpc) is 2.36. The highest BCUT2D eigenvalue weighted by molar-refractivity contribution is 4.95. The van der Waals surface area contributed by atoms with E-state index in [4.69, 9.17) is 4.74 Å². The van der Waals surface area contributed by atoms with Crippen LogP contribution in [0.25, 0.3) is 0 Å². The van der Waals surface area contributed by atoms with Crippen LogP contribution in [0.5, 0.6) is 0 Å². The zero-order valence-electron chi connectivity index (χ0n) is 14.3. The molecule has 3 nitrogen and oxygen atoms in total. The molecule has 0 aliphatic carbocycles. The zero-order chi connectivity index (χ0) is 14.9. The van der Waals surface area contributed by atoms with Gasteiger partial charge in [0.05, 0.1) is 5.60 Å². The van der Waals surface area contributed by atoms with Crippen molar-refractivity contribution in [1.82, 2.24) is 10.2 Å². The summed E-state index contributed by atoms with van der Waals surface area (Å²) in [6, 6.07) is 1.99. The molecule has 0 spiro atoms. The van der Waals surface area contributed by atoms with E-state index in [-0.39, 0.29) is 5.60 Å². The number of hydrogen-bond acceptors (Lipinski definition) is 3. The minimum atomic E-state index is 0.0443. The number of rotatable bonds is 3. The standard InChI is InChI=1S/C17H34N2O/c1-12(2)15-11-19(16(10-18-15)13(3)4)14-7-8-20-17(5,6)9-14/h12-16,18H,7-11H2,1-6H3. The molecule has 3 atom stereocenters. The first-order valence-electron chi connectivity index (χ1n) is 8.43. The maximum atomic E-state index is 5.91. The molecule has 0 aromatic carbocycles. The van der Waals surface area contributed by atoms with Gasteiger partial charge in [-0.15, -0.1) is 0 Å². The molecule has 2 aliphatic heterocycles. The predicted octanol–water partition coefficient (Wildman–Crippen LogP) is 2.90. The van der Waals surface area contributed by atoms with Gasteiger partial charge in [-0.25, -0.2) is 0 Å². The van der Waals surface area contributed by atoms with E-state index in [1.165, 1.54) is 19.4 Å². The van der Waals surface area contributed by atoms with Crippen molar-refractivity contribution in [1.29, 1.82) is 0 Å². The minimum Gasteiger partial charge on any atom is -0.375 e. The SMILES string of the molecule is CC(C)C1CN(C2CCOC(C)(C)C2)C(C(C)C)CN1. The molecular weight excluding hydrogens is 248 g/mol. The molecule has 2 aliphatic rings. The van der Waals surface area contributed by atoms with Gasteiger partial charge in [-0.2, -0.15) is 0 Å². The van der Waals surface area contributed by atoms with Gasteiger partial charge >= 0.3 is 0 Å². The van der Waals surface area contributed by atoms with Gasteiger partial charge < -0.3 is 10.1 Å². The summed E-state index contributed by atoms with van der Waals surface area (Å²) in [7, 11) is 0. The molecule has 2 saturated heterocycles. The lowest BCUT2D eigenvalue weighted by atomic mass is 9.87. The Morgan fingerprint density at radius 3 is 2.40 bits per heavy atom. The van der Waals surface area contributed by atoms with Gasteiger partial charge in [0.1, 0.15) is 0 Å². The molecule has 2 heterocycles. The fourth-order valence-electron chi connectivity index (χ4n) is 3.78. The second-order valence-corrected chi connectivity index (χ2v) is 8.02. The van der Waals surface area contributed by atoms with E-state index in [2.05, 4.69) is 51.8 Å². The molecule has 3 unspecified atom stereocenters. The summed E-state index contributed by atoms with van der Waals surface area (Å²) < 4.78 is 5.91. The second kappa shape index (κ2) is 6.33. The first kappa shape index (κ1) is 16.3. The molecule has 2 fully saturated rings. The van der Waals surface area contributed by atoms with E-state index < -0.39 is 0 Å². The van der Waals surface area contributed by atoms with Crippen molar-refractivity contribution in [3.8, 4) is 0 Å². The van der Waals surface area contributed by atoms with Gasteiger partial charge in [0.15, 0.2) is 0 Å². The van der Waals surface area contributed by atoms with Crippen LogP contribution < -0.4 is 5.32 Å². The Labute approximate surface area is 125 Å². The fraction of sp³-hybridized carbons (Fsp3) is 1.00. The quantitative estimate of drug-likeness (QED) is 0.861. The third kappa shape index (κ3) is 3.75. The molecule has 0 aromatic rings. The molecular formula is C17H34N2O. The summed E-state index contributed by atoms with van der Waals surface area (Å²) in [6.07, 6.45) is 2.36. The topological polar surface area (TPSA) is 24.5 Å². The Balaban J connectivity index is 2.10. The van der Waals surface area contributed by atoms with Crippen molar-refractivity contribution in [2.24, 2.45) is 11.8 Å². The molecule has 118 valence electrons. The normalized spacial score (nSPS) is 35.7. The molecule has 0 bridgehead atoms. The van der Waals surface area contributed by atoms with Gasteiger partial charge in [-0.05, 0) is 38.5 Å². The van der Waals surface area contributed by atoms with Crippen LogP contribution in [0.3, 0.4) is 0 Å². The Hall–Kier alpha value is -0.120. The third-order valence-corrected chi connectivity index (χ3v) is 5.14. The maximum absolute atomic E-state index is 5.91. The average molecular weight is 282 g/mol. The number of piperazine rings is 1. The lowest BCUT2D eigenvalue weighted by Crippen LogP contribution is -2.63. The number of nitrogens with zero attached hydrogens (tertiary/aromatic N) is 1. The number of hydrogen-bond donors (Lipinski definition) is 1. The van der Waals surface area contributed by atoms with E-state index >= 15 is 0 Å². The van der Waals surface area contributed by atoms with Crippen LogP contribution in [0.4, 0.5) is 0 Å². The van der Waals surface area contributed by atoms with Crippen LogP contribution in [0, 0.1) is 11.8 Å². The molecule has 0 amide bonds. The highest BCUT2D eigenvalue weighted by Gasteiger charge is 2.39. The molecule has 20 heavy (non-hydrogen) atoms. The zero-order valence-corrected chi connectivity index (χ0v) is 14.3. The highest BCUT2D eigenvalue weighted by Crippen LogP contribution is 2.31. The molecule has 3 heteroatoms. The fourth-order valence-corrected chi connectivity index (χ4v) is 3.78. The van der Waals surface area contributed by atoms with Crippen LogP contribution in [0.2, 0.25) is 0 Å². The Bertz CT molecular complexity index is 314. The van der Waals surface area contributed by atoms with Crippen LogP contribution in [0.15, 0.2) is 0 Å². The van der Waals surface area contributed by atoms with E-state index in [0.717, 1.165) is 13.2 Å². The largest absolute Gasteiger partial charge is 0.375 e. The Morgan fingerprint density at radius 1 is 1.15 bits per heavy atom. The second-order valence-electron chi connectivity index (χ2n) is 8.02. The van der Waals surface area contributed by atoms with E-state index in [0.29, 0.717) is 30.0 Å². The van der Waals surface area contributed by atoms with Gasteiger partial charge in [-0.3, -0.25) is 4.90 Å². The van der Waals surface area contributed by atoms with Gasteiger partial charge in [0, 0.05) is 37.8 Å². The lowest BCUT2D eigenvalue weighted by molar-refractivity contribution is -0.0984. The maximum Gasteiger partial charge on any atom is 0.0641 e. The van der Waals surface area contributed by atoms with E-state index in [1.54, 1.807) is 0 Å². The van der Waals surface area contributed by atoms with Crippen molar-refractivity contribution in [2.75, 3.05) is 19.7 Å². The summed E-state index contributed by atoms with van der Waals surface area (Å²) in [4.78, 5) is 2.80. The summed E-state index contributed by atoms with van der Waals surface area (Å²) in [5, 5.41) is 3.77. The van der Waals surface area contributed by atoms with E-state index in [9.17, 15) is 0 Å². The molecule has 0 radical (unpaired) electrons. The van der Waals surface area contributed by atoms with Crippen LogP contribution in [0.1, 0.15) is 54.4 Å². The summed E-state index contributed by atoms with van der Waals surface area (Å²) >= 11 is 0. The van der Waals surface area contributed by atoms with Crippen LogP contribution in [-0.2, 0) is 4.74 Å². The summed E-state index contributed by atoms with van der Waals surface area (Å²) in [5.41, 5.74) is 0.0443. The first-order chi connectivity index (χ1) is 9.30. The summed E-state index contributed by atoms with van der Waals surface area (Å²) in [6.45, 7) is 17.1. The Kier molecular flexibility index (Phi) is 5.14. The Morgan fingerprint density at radius 2 is 1.85 bits per heavy atom. The minimum absolute atomic E-state index is 0.0443. The molecule has 2 rings (SSSR count).